The number of rotatable bonds is 5. The zero-order valence-corrected chi connectivity index (χ0v) is 11.7. The molecular weight excluding hydrogens is 224 g/mol. The lowest BCUT2D eigenvalue weighted by atomic mass is 10.2. The molecule has 0 aromatic heterocycles. The molecule has 1 fully saturated rings. The van der Waals surface area contributed by atoms with Crippen LogP contribution in [0.2, 0.25) is 0 Å². The Morgan fingerprint density at radius 1 is 1.39 bits per heavy atom. The molecule has 0 bridgehead atoms. The molecule has 2 rings (SSSR count). The van der Waals surface area contributed by atoms with Gasteiger partial charge in [0.15, 0.2) is 0 Å². The SMILES string of the molecule is CCNC1CCN(c2ccc(C)c(OCC)c2)C1. The molecule has 18 heavy (non-hydrogen) atoms. The van der Waals surface area contributed by atoms with E-state index in [4.69, 9.17) is 4.74 Å². The first-order valence-corrected chi connectivity index (χ1v) is 6.96. The summed E-state index contributed by atoms with van der Waals surface area (Å²) in [6.45, 7) is 10.3. The molecule has 1 aliphatic heterocycles. The minimum Gasteiger partial charge on any atom is -0.494 e. The minimum absolute atomic E-state index is 0.631. The minimum atomic E-state index is 0.631. The number of nitrogens with zero attached hydrogens (tertiary/aromatic N) is 1. The van der Waals surface area contributed by atoms with E-state index in [-0.39, 0.29) is 0 Å². The van der Waals surface area contributed by atoms with Crippen LogP contribution >= 0.6 is 0 Å². The van der Waals surface area contributed by atoms with Gasteiger partial charge in [-0.3, -0.25) is 0 Å². The van der Waals surface area contributed by atoms with E-state index in [2.05, 4.69) is 42.3 Å². The highest BCUT2D eigenvalue weighted by Crippen LogP contribution is 2.27. The van der Waals surface area contributed by atoms with Gasteiger partial charge in [-0.05, 0) is 38.4 Å². The number of ether oxygens (including phenoxy) is 1. The maximum absolute atomic E-state index is 5.67. The van der Waals surface area contributed by atoms with Crippen molar-refractivity contribution in [1.29, 1.82) is 0 Å². The molecule has 3 heteroatoms. The second kappa shape index (κ2) is 6.10. The molecule has 0 amide bonds. The van der Waals surface area contributed by atoms with E-state index < -0.39 is 0 Å². The third-order valence-corrected chi connectivity index (χ3v) is 3.52. The van der Waals surface area contributed by atoms with Crippen LogP contribution in [0.25, 0.3) is 0 Å². The number of likely N-dealkylation sites (N-methyl/N-ethyl adjacent to an activating group) is 1. The summed E-state index contributed by atoms with van der Waals surface area (Å²) >= 11 is 0. The summed E-state index contributed by atoms with van der Waals surface area (Å²) in [6.07, 6.45) is 1.23. The van der Waals surface area contributed by atoms with Crippen molar-refractivity contribution < 1.29 is 4.74 Å². The van der Waals surface area contributed by atoms with Gasteiger partial charge in [0.25, 0.3) is 0 Å². The van der Waals surface area contributed by atoms with Crippen molar-refractivity contribution in [2.75, 3.05) is 31.1 Å². The van der Waals surface area contributed by atoms with Crippen molar-refractivity contribution in [3.8, 4) is 5.75 Å². The van der Waals surface area contributed by atoms with Crippen LogP contribution in [0.4, 0.5) is 5.69 Å². The lowest BCUT2D eigenvalue weighted by Crippen LogP contribution is -2.32. The molecule has 100 valence electrons. The van der Waals surface area contributed by atoms with E-state index in [1.54, 1.807) is 0 Å². The summed E-state index contributed by atoms with van der Waals surface area (Å²) in [4.78, 5) is 2.44. The van der Waals surface area contributed by atoms with Gasteiger partial charge in [0.2, 0.25) is 0 Å². The van der Waals surface area contributed by atoms with Crippen molar-refractivity contribution in [2.24, 2.45) is 0 Å². The molecule has 1 aliphatic rings. The molecule has 0 radical (unpaired) electrons. The number of nitrogens with one attached hydrogen (secondary N) is 1. The Labute approximate surface area is 110 Å². The second-order valence-electron chi connectivity index (χ2n) is 4.87. The van der Waals surface area contributed by atoms with E-state index in [9.17, 15) is 0 Å². The largest absolute Gasteiger partial charge is 0.494 e. The van der Waals surface area contributed by atoms with Gasteiger partial charge >= 0.3 is 0 Å². The Hall–Kier alpha value is -1.22. The van der Waals surface area contributed by atoms with Crippen LogP contribution in [-0.2, 0) is 0 Å². The monoisotopic (exact) mass is 248 g/mol. The molecule has 1 aromatic carbocycles. The van der Waals surface area contributed by atoms with Crippen molar-refractivity contribution in [1.82, 2.24) is 5.32 Å². The molecule has 1 atom stereocenters. The highest BCUT2D eigenvalue weighted by atomic mass is 16.5. The third kappa shape index (κ3) is 2.96. The van der Waals surface area contributed by atoms with Crippen LogP contribution in [0, 0.1) is 6.92 Å². The first-order chi connectivity index (χ1) is 8.74. The van der Waals surface area contributed by atoms with Crippen LogP contribution in [0.3, 0.4) is 0 Å². The lowest BCUT2D eigenvalue weighted by molar-refractivity contribution is 0.338. The Morgan fingerprint density at radius 2 is 2.22 bits per heavy atom. The van der Waals surface area contributed by atoms with E-state index in [1.165, 1.54) is 17.7 Å². The maximum atomic E-state index is 5.67. The fraction of sp³-hybridized carbons (Fsp3) is 0.600. The summed E-state index contributed by atoms with van der Waals surface area (Å²) < 4.78 is 5.67. The van der Waals surface area contributed by atoms with E-state index in [0.29, 0.717) is 6.04 Å². The summed E-state index contributed by atoms with van der Waals surface area (Å²) in [7, 11) is 0. The topological polar surface area (TPSA) is 24.5 Å². The molecule has 1 aromatic rings. The fourth-order valence-electron chi connectivity index (χ4n) is 2.55. The Balaban J connectivity index is 2.07. The maximum Gasteiger partial charge on any atom is 0.124 e. The molecule has 1 unspecified atom stereocenters. The molecular formula is C15H24N2O. The third-order valence-electron chi connectivity index (χ3n) is 3.52. The Kier molecular flexibility index (Phi) is 4.48. The fourth-order valence-corrected chi connectivity index (χ4v) is 2.55. The van der Waals surface area contributed by atoms with Crippen LogP contribution in [0.15, 0.2) is 18.2 Å². The van der Waals surface area contributed by atoms with Gasteiger partial charge in [-0.2, -0.15) is 0 Å². The van der Waals surface area contributed by atoms with Crippen molar-refractivity contribution in [3.05, 3.63) is 23.8 Å². The Morgan fingerprint density at radius 3 is 2.94 bits per heavy atom. The predicted octanol–water partition coefficient (Wildman–Crippen LogP) is 2.58. The highest BCUT2D eigenvalue weighted by Gasteiger charge is 2.22. The van der Waals surface area contributed by atoms with Gasteiger partial charge in [0.05, 0.1) is 6.61 Å². The number of aryl methyl sites for hydroxylation is 1. The van der Waals surface area contributed by atoms with Crippen molar-refractivity contribution in [3.63, 3.8) is 0 Å². The molecule has 0 spiro atoms. The van der Waals surface area contributed by atoms with Crippen LogP contribution in [-0.4, -0.2) is 32.3 Å². The molecule has 1 saturated heterocycles. The zero-order chi connectivity index (χ0) is 13.0. The number of benzene rings is 1. The van der Waals surface area contributed by atoms with E-state index in [1.807, 2.05) is 6.92 Å². The summed E-state index contributed by atoms with van der Waals surface area (Å²) in [5.74, 6) is 1.02. The highest BCUT2D eigenvalue weighted by molar-refractivity contribution is 5.54. The van der Waals surface area contributed by atoms with Crippen molar-refractivity contribution >= 4 is 5.69 Å². The molecule has 0 saturated carbocycles. The predicted molar refractivity (Wildman–Crippen MR) is 76.6 cm³/mol. The van der Waals surface area contributed by atoms with E-state index in [0.717, 1.165) is 32.0 Å². The smallest absolute Gasteiger partial charge is 0.124 e. The van der Waals surface area contributed by atoms with Crippen LogP contribution in [0.5, 0.6) is 5.75 Å². The number of hydrogen-bond acceptors (Lipinski definition) is 3. The number of anilines is 1. The molecule has 3 nitrogen and oxygen atoms in total. The quantitative estimate of drug-likeness (QED) is 0.867. The number of hydrogen-bond donors (Lipinski definition) is 1. The Bertz CT molecular complexity index is 392. The van der Waals surface area contributed by atoms with Gasteiger partial charge in [-0.25, -0.2) is 0 Å². The first kappa shape index (κ1) is 13.2. The second-order valence-corrected chi connectivity index (χ2v) is 4.87. The van der Waals surface area contributed by atoms with Gasteiger partial charge < -0.3 is 15.0 Å². The summed E-state index contributed by atoms with van der Waals surface area (Å²) in [5, 5.41) is 3.52. The standard InChI is InChI=1S/C15H24N2O/c1-4-16-13-8-9-17(11-13)14-7-6-12(3)15(10-14)18-5-2/h6-7,10,13,16H,4-5,8-9,11H2,1-3H3. The zero-order valence-electron chi connectivity index (χ0n) is 11.7. The average molecular weight is 248 g/mol. The molecule has 1 heterocycles. The average Bonchev–Trinajstić information content (AvgIpc) is 2.81. The molecule has 0 aliphatic carbocycles. The first-order valence-electron chi connectivity index (χ1n) is 6.96. The summed E-state index contributed by atoms with van der Waals surface area (Å²) in [5.41, 5.74) is 2.49. The van der Waals surface area contributed by atoms with Crippen LogP contribution < -0.4 is 15.0 Å². The normalized spacial score (nSPS) is 19.3. The van der Waals surface area contributed by atoms with Gasteiger partial charge in [-0.1, -0.05) is 13.0 Å². The van der Waals surface area contributed by atoms with E-state index >= 15 is 0 Å². The van der Waals surface area contributed by atoms with Gasteiger partial charge in [0.1, 0.15) is 5.75 Å². The van der Waals surface area contributed by atoms with Gasteiger partial charge in [0, 0.05) is 30.9 Å². The summed E-state index contributed by atoms with van der Waals surface area (Å²) in [6, 6.07) is 7.16. The van der Waals surface area contributed by atoms with Gasteiger partial charge in [-0.15, -0.1) is 0 Å². The van der Waals surface area contributed by atoms with Crippen LogP contribution in [0.1, 0.15) is 25.8 Å². The van der Waals surface area contributed by atoms with Crippen molar-refractivity contribution in [2.45, 2.75) is 33.2 Å². The lowest BCUT2D eigenvalue weighted by Gasteiger charge is -2.20. The molecule has 1 N–H and O–H groups in total.